The Morgan fingerprint density at radius 2 is 2.00 bits per heavy atom. The molecule has 1 atom stereocenters. The van der Waals surface area contributed by atoms with E-state index in [9.17, 15) is 9.59 Å². The average molecular weight is 396 g/mol. The molecular weight excluding hydrogens is 362 g/mol. The number of rotatable bonds is 9. The zero-order valence-corrected chi connectivity index (χ0v) is 18.2. The second-order valence-corrected chi connectivity index (χ2v) is 8.83. The number of hydrogen-bond acceptors (Lipinski definition) is 3. The molecule has 0 aliphatic heterocycles. The summed E-state index contributed by atoms with van der Waals surface area (Å²) in [5.41, 5.74) is 3.33. The van der Waals surface area contributed by atoms with E-state index in [4.69, 9.17) is 0 Å². The van der Waals surface area contributed by atoms with Crippen LogP contribution in [0.4, 0.5) is 5.69 Å². The lowest BCUT2D eigenvalue weighted by Gasteiger charge is -2.08. The fourth-order valence-corrected chi connectivity index (χ4v) is 3.04. The Morgan fingerprint density at radius 1 is 1.31 bits per heavy atom. The van der Waals surface area contributed by atoms with E-state index in [0.717, 1.165) is 23.4 Å². The summed E-state index contributed by atoms with van der Waals surface area (Å²) in [5.74, 6) is 0.491. The second kappa shape index (κ2) is 9.68. The van der Waals surface area contributed by atoms with Crippen LogP contribution in [-0.4, -0.2) is 16.8 Å². The monoisotopic (exact) mass is 395 g/mol. The van der Waals surface area contributed by atoms with Gasteiger partial charge in [-0.3, -0.25) is 14.6 Å². The summed E-state index contributed by atoms with van der Waals surface area (Å²) in [5, 5.41) is 5.83. The van der Waals surface area contributed by atoms with Gasteiger partial charge in [0.2, 0.25) is 11.8 Å². The van der Waals surface area contributed by atoms with Crippen LogP contribution in [0.2, 0.25) is 0 Å². The van der Waals surface area contributed by atoms with Crippen molar-refractivity contribution >= 4 is 17.5 Å². The summed E-state index contributed by atoms with van der Waals surface area (Å²) in [7, 11) is 0. The van der Waals surface area contributed by atoms with Gasteiger partial charge in [-0.2, -0.15) is 0 Å². The van der Waals surface area contributed by atoms with E-state index in [1.807, 2.05) is 51.1 Å². The molecule has 0 saturated heterocycles. The minimum atomic E-state index is -0.00240. The van der Waals surface area contributed by atoms with Crippen molar-refractivity contribution in [1.82, 2.24) is 10.3 Å². The number of nitrogens with zero attached hydrogens (tertiary/aromatic N) is 1. The number of anilines is 1. The van der Waals surface area contributed by atoms with E-state index in [2.05, 4.69) is 36.0 Å². The zero-order valence-electron chi connectivity index (χ0n) is 18.2. The molecule has 0 radical (unpaired) electrons. The summed E-state index contributed by atoms with van der Waals surface area (Å²) in [6.45, 7) is 14.2. The molecule has 2 rings (SSSR count). The number of carbonyl (C=O) groups is 2. The Hall–Kier alpha value is -2.69. The zero-order chi connectivity index (χ0) is 21.6. The lowest BCUT2D eigenvalue weighted by atomic mass is 10.1. The molecule has 29 heavy (non-hydrogen) atoms. The Bertz CT molecular complexity index is 817. The van der Waals surface area contributed by atoms with Crippen LogP contribution in [0.15, 0.2) is 54.4 Å². The molecule has 1 aliphatic rings. The maximum atomic E-state index is 12.2. The third-order valence-corrected chi connectivity index (χ3v) is 5.02. The molecule has 1 unspecified atom stereocenters. The maximum Gasteiger partial charge on any atom is 0.228 e. The van der Waals surface area contributed by atoms with E-state index in [1.54, 1.807) is 6.20 Å². The van der Waals surface area contributed by atoms with Gasteiger partial charge in [0, 0.05) is 30.2 Å². The fourth-order valence-electron chi connectivity index (χ4n) is 3.04. The number of aromatic nitrogens is 1. The van der Waals surface area contributed by atoms with E-state index < -0.39 is 0 Å². The highest BCUT2D eigenvalue weighted by atomic mass is 16.2. The third kappa shape index (κ3) is 7.33. The molecule has 156 valence electrons. The summed E-state index contributed by atoms with van der Waals surface area (Å²) < 4.78 is 0. The summed E-state index contributed by atoms with van der Waals surface area (Å²) in [6, 6.07) is 3.74. The summed E-state index contributed by atoms with van der Waals surface area (Å²) >= 11 is 0. The number of carbonyl (C=O) groups excluding carboxylic acids is 2. The van der Waals surface area contributed by atoms with Gasteiger partial charge in [-0.25, -0.2) is 0 Å². The Balaban J connectivity index is 1.84. The van der Waals surface area contributed by atoms with E-state index >= 15 is 0 Å². The van der Waals surface area contributed by atoms with Crippen molar-refractivity contribution in [2.24, 2.45) is 17.3 Å². The molecule has 1 aromatic rings. The highest BCUT2D eigenvalue weighted by Gasteiger charge is 2.50. The molecule has 0 spiro atoms. The van der Waals surface area contributed by atoms with Gasteiger partial charge in [-0.05, 0) is 48.5 Å². The first-order valence-corrected chi connectivity index (χ1v) is 10.2. The molecule has 2 amide bonds. The quantitative estimate of drug-likeness (QED) is 0.591. The molecule has 2 N–H and O–H groups in total. The largest absolute Gasteiger partial charge is 0.326 e. The van der Waals surface area contributed by atoms with Crippen LogP contribution in [0.3, 0.4) is 0 Å². The van der Waals surface area contributed by atoms with Crippen LogP contribution >= 0.6 is 0 Å². The molecule has 1 aromatic heterocycles. The first kappa shape index (κ1) is 22.6. The molecule has 1 saturated carbocycles. The first-order chi connectivity index (χ1) is 13.6. The first-order valence-electron chi connectivity index (χ1n) is 10.2. The lowest BCUT2D eigenvalue weighted by Crippen LogP contribution is -2.25. The smallest absolute Gasteiger partial charge is 0.228 e. The molecule has 1 heterocycles. The van der Waals surface area contributed by atoms with Crippen LogP contribution < -0.4 is 10.6 Å². The number of amides is 2. The standard InChI is InChI=1S/C24H33N3O2/c1-7-18(27-23(29)21-14-24(21,5)6)9-8-17(4)13-19-10-11-20(15-25-19)26-22(28)12-16(2)3/h7-11,15-16,21H,4,12-14H2,1-3,5-6H3,(H,26,28)(H,27,29)/b9-8-,18-7+. The average Bonchev–Trinajstić information content (AvgIpc) is 3.28. The maximum absolute atomic E-state index is 12.2. The van der Waals surface area contributed by atoms with Crippen LogP contribution in [0.25, 0.3) is 0 Å². The minimum Gasteiger partial charge on any atom is -0.326 e. The number of nitrogens with one attached hydrogen (secondary N) is 2. The fraction of sp³-hybridized carbons (Fsp3) is 0.458. The van der Waals surface area contributed by atoms with Crippen LogP contribution in [-0.2, 0) is 16.0 Å². The van der Waals surface area contributed by atoms with Gasteiger partial charge >= 0.3 is 0 Å². The van der Waals surface area contributed by atoms with Gasteiger partial charge in [0.05, 0.1) is 11.9 Å². The van der Waals surface area contributed by atoms with Gasteiger partial charge in [0.1, 0.15) is 0 Å². The van der Waals surface area contributed by atoms with E-state index in [-0.39, 0.29) is 23.1 Å². The third-order valence-electron chi connectivity index (χ3n) is 5.02. The molecule has 1 aliphatic carbocycles. The lowest BCUT2D eigenvalue weighted by molar-refractivity contribution is -0.122. The SMILES string of the molecule is C=C(/C=C\C(=C/C)NC(=O)C1CC1(C)C)Cc1ccc(NC(=O)CC(C)C)cn1. The van der Waals surface area contributed by atoms with Crippen molar-refractivity contribution in [1.29, 1.82) is 0 Å². The van der Waals surface area contributed by atoms with Crippen molar-refractivity contribution in [2.45, 2.75) is 53.9 Å². The summed E-state index contributed by atoms with van der Waals surface area (Å²) in [4.78, 5) is 28.5. The molecule has 5 nitrogen and oxygen atoms in total. The minimum absolute atomic E-state index is 0.00240. The molecule has 0 aromatic carbocycles. The normalized spacial score (nSPS) is 18.0. The van der Waals surface area contributed by atoms with Crippen molar-refractivity contribution < 1.29 is 9.59 Å². The van der Waals surface area contributed by atoms with Gasteiger partial charge in [-0.1, -0.05) is 46.4 Å². The predicted octanol–water partition coefficient (Wildman–Crippen LogP) is 4.79. The van der Waals surface area contributed by atoms with Crippen molar-refractivity contribution in [3.05, 3.63) is 60.1 Å². The Kier molecular flexibility index (Phi) is 7.54. The van der Waals surface area contributed by atoms with Crippen LogP contribution in [0, 0.1) is 17.3 Å². The van der Waals surface area contributed by atoms with Crippen molar-refractivity contribution in [3.8, 4) is 0 Å². The number of pyridine rings is 1. The van der Waals surface area contributed by atoms with E-state index in [1.165, 1.54) is 0 Å². The summed E-state index contributed by atoms with van der Waals surface area (Å²) in [6.07, 6.45) is 9.34. The molecule has 1 fully saturated rings. The van der Waals surface area contributed by atoms with Gasteiger partial charge < -0.3 is 10.6 Å². The van der Waals surface area contributed by atoms with Gasteiger partial charge in [0.25, 0.3) is 0 Å². The van der Waals surface area contributed by atoms with E-state index in [0.29, 0.717) is 24.4 Å². The number of allylic oxidation sites excluding steroid dienone is 4. The van der Waals surface area contributed by atoms with Crippen molar-refractivity contribution in [2.75, 3.05) is 5.32 Å². The highest BCUT2D eigenvalue weighted by molar-refractivity contribution is 5.90. The molecule has 5 heteroatoms. The molecule has 0 bridgehead atoms. The van der Waals surface area contributed by atoms with Gasteiger partial charge in [0.15, 0.2) is 0 Å². The molecular formula is C24H33N3O2. The highest BCUT2D eigenvalue weighted by Crippen LogP contribution is 2.51. The van der Waals surface area contributed by atoms with Crippen LogP contribution in [0.5, 0.6) is 0 Å². The Labute approximate surface area is 174 Å². The van der Waals surface area contributed by atoms with Crippen LogP contribution in [0.1, 0.15) is 53.2 Å². The topological polar surface area (TPSA) is 71.1 Å². The second-order valence-electron chi connectivity index (χ2n) is 8.83. The Morgan fingerprint density at radius 3 is 2.52 bits per heavy atom. The van der Waals surface area contributed by atoms with Gasteiger partial charge in [-0.15, -0.1) is 0 Å². The van der Waals surface area contributed by atoms with Crippen molar-refractivity contribution in [3.63, 3.8) is 0 Å². The predicted molar refractivity (Wildman–Crippen MR) is 118 cm³/mol. The number of hydrogen-bond donors (Lipinski definition) is 2.